The van der Waals surface area contributed by atoms with Gasteiger partial charge in [0.05, 0.1) is 12.3 Å². The molecule has 0 bridgehead atoms. The molecule has 1 amide bonds. The summed E-state index contributed by atoms with van der Waals surface area (Å²) in [6.45, 7) is 0. The maximum absolute atomic E-state index is 11.6. The Bertz CT molecular complexity index is 583. The zero-order valence-corrected chi connectivity index (χ0v) is 11.6. The first-order valence-corrected chi connectivity index (χ1v) is 7.57. The first-order valence-electron chi connectivity index (χ1n) is 5.72. The van der Waals surface area contributed by atoms with Gasteiger partial charge in [-0.3, -0.25) is 4.79 Å². The van der Waals surface area contributed by atoms with Gasteiger partial charge >= 0.3 is 12.1 Å². The molecule has 1 aromatic carbocycles. The van der Waals surface area contributed by atoms with E-state index in [0.29, 0.717) is 9.87 Å². The SMILES string of the molecule is CS(=O)(=O)N(C(=O)O)C(CCC(=O)O)c1ccccc1. The number of hydrogen-bond donors (Lipinski definition) is 2. The Hall–Kier alpha value is -2.09. The molecule has 1 aromatic rings. The number of carboxylic acids is 1. The van der Waals surface area contributed by atoms with E-state index in [-0.39, 0.29) is 12.8 Å². The van der Waals surface area contributed by atoms with E-state index >= 15 is 0 Å². The van der Waals surface area contributed by atoms with Gasteiger partial charge in [-0.25, -0.2) is 13.2 Å². The summed E-state index contributed by atoms with van der Waals surface area (Å²) in [7, 11) is -4.02. The lowest BCUT2D eigenvalue weighted by atomic mass is 10.0. The third kappa shape index (κ3) is 4.23. The minimum atomic E-state index is -4.02. The highest BCUT2D eigenvalue weighted by molar-refractivity contribution is 7.88. The molecule has 2 N–H and O–H groups in total. The summed E-state index contributed by atoms with van der Waals surface area (Å²) >= 11 is 0. The minimum Gasteiger partial charge on any atom is -0.481 e. The average molecular weight is 301 g/mol. The van der Waals surface area contributed by atoms with Crippen LogP contribution in [0.25, 0.3) is 0 Å². The first kappa shape index (κ1) is 16.0. The third-order valence-electron chi connectivity index (χ3n) is 2.64. The van der Waals surface area contributed by atoms with Gasteiger partial charge in [-0.05, 0) is 12.0 Å². The highest BCUT2D eigenvalue weighted by Crippen LogP contribution is 2.28. The van der Waals surface area contributed by atoms with Crippen molar-refractivity contribution in [2.75, 3.05) is 6.26 Å². The monoisotopic (exact) mass is 301 g/mol. The number of nitrogens with zero attached hydrogens (tertiary/aromatic N) is 1. The molecular weight excluding hydrogens is 286 g/mol. The van der Waals surface area contributed by atoms with Crippen LogP contribution in [0.1, 0.15) is 24.4 Å². The first-order chi connectivity index (χ1) is 9.23. The van der Waals surface area contributed by atoms with E-state index in [1.165, 1.54) is 0 Å². The summed E-state index contributed by atoms with van der Waals surface area (Å²) in [5, 5.41) is 17.8. The van der Waals surface area contributed by atoms with Crippen LogP contribution < -0.4 is 0 Å². The van der Waals surface area contributed by atoms with Gasteiger partial charge in [0.15, 0.2) is 0 Å². The van der Waals surface area contributed by atoms with Crippen LogP contribution in [0.3, 0.4) is 0 Å². The largest absolute Gasteiger partial charge is 0.481 e. The minimum absolute atomic E-state index is 0.126. The van der Waals surface area contributed by atoms with E-state index in [0.717, 1.165) is 6.26 Å². The molecule has 0 saturated heterocycles. The smallest absolute Gasteiger partial charge is 0.421 e. The van der Waals surface area contributed by atoms with E-state index in [9.17, 15) is 18.0 Å². The third-order valence-corrected chi connectivity index (χ3v) is 3.77. The van der Waals surface area contributed by atoms with Crippen molar-refractivity contribution in [1.82, 2.24) is 4.31 Å². The second kappa shape index (κ2) is 6.38. The summed E-state index contributed by atoms with van der Waals surface area (Å²) in [6.07, 6.45) is -1.32. The predicted octanol–water partition coefficient (Wildman–Crippen LogP) is 1.53. The molecule has 0 aliphatic carbocycles. The maximum atomic E-state index is 11.6. The Morgan fingerprint density at radius 2 is 1.75 bits per heavy atom. The number of rotatable bonds is 6. The molecular formula is C12H15NO6S. The summed E-state index contributed by atoms with van der Waals surface area (Å²) in [4.78, 5) is 21.9. The Morgan fingerprint density at radius 3 is 2.15 bits per heavy atom. The van der Waals surface area contributed by atoms with Crippen molar-refractivity contribution in [2.45, 2.75) is 18.9 Å². The number of amides is 1. The lowest BCUT2D eigenvalue weighted by Crippen LogP contribution is -2.38. The van der Waals surface area contributed by atoms with Crippen LogP contribution in [0.2, 0.25) is 0 Å². The van der Waals surface area contributed by atoms with Gasteiger partial charge in [-0.2, -0.15) is 4.31 Å². The zero-order chi connectivity index (χ0) is 15.3. The molecule has 0 heterocycles. The van der Waals surface area contributed by atoms with Crippen LogP contribution in [-0.4, -0.2) is 41.3 Å². The van der Waals surface area contributed by atoms with Crippen molar-refractivity contribution >= 4 is 22.1 Å². The number of aliphatic carboxylic acids is 1. The van der Waals surface area contributed by atoms with Crippen molar-refractivity contribution in [2.24, 2.45) is 0 Å². The van der Waals surface area contributed by atoms with Gasteiger partial charge in [0, 0.05) is 6.42 Å². The maximum Gasteiger partial charge on any atom is 0.421 e. The number of carboxylic acid groups (broad SMARTS) is 2. The number of benzene rings is 1. The highest BCUT2D eigenvalue weighted by atomic mass is 32.2. The van der Waals surface area contributed by atoms with E-state index in [2.05, 4.69) is 0 Å². The summed E-state index contributed by atoms with van der Waals surface area (Å²) < 4.78 is 23.6. The highest BCUT2D eigenvalue weighted by Gasteiger charge is 2.32. The second-order valence-electron chi connectivity index (χ2n) is 4.20. The summed E-state index contributed by atoms with van der Waals surface area (Å²) in [6, 6.07) is 7.03. The molecule has 0 aromatic heterocycles. The molecule has 0 radical (unpaired) electrons. The van der Waals surface area contributed by atoms with Gasteiger partial charge < -0.3 is 10.2 Å². The van der Waals surface area contributed by atoms with Crippen LogP contribution in [0.4, 0.5) is 4.79 Å². The molecule has 0 saturated carbocycles. The van der Waals surface area contributed by atoms with Crippen molar-refractivity contribution < 1.29 is 28.2 Å². The Kier molecular flexibility index (Phi) is 5.09. The van der Waals surface area contributed by atoms with Crippen LogP contribution in [-0.2, 0) is 14.8 Å². The standard InChI is InChI=1S/C12H15NO6S/c1-20(18,19)13(12(16)17)10(7-8-11(14)15)9-5-3-2-4-6-9/h2-6,10H,7-8H2,1H3,(H,14,15)(H,16,17). The van der Waals surface area contributed by atoms with Gasteiger partial charge in [-0.1, -0.05) is 30.3 Å². The Balaban J connectivity index is 3.21. The molecule has 1 rings (SSSR count). The molecule has 0 fully saturated rings. The lowest BCUT2D eigenvalue weighted by Gasteiger charge is -2.27. The van der Waals surface area contributed by atoms with Crippen molar-refractivity contribution in [3.05, 3.63) is 35.9 Å². The Morgan fingerprint density at radius 1 is 1.20 bits per heavy atom. The van der Waals surface area contributed by atoms with Crippen LogP contribution >= 0.6 is 0 Å². The van der Waals surface area contributed by atoms with Crippen molar-refractivity contribution in [1.29, 1.82) is 0 Å². The molecule has 20 heavy (non-hydrogen) atoms. The summed E-state index contributed by atoms with van der Waals surface area (Å²) in [5.41, 5.74) is 0.432. The number of sulfonamides is 1. The van der Waals surface area contributed by atoms with E-state index in [1.807, 2.05) is 0 Å². The lowest BCUT2D eigenvalue weighted by molar-refractivity contribution is -0.137. The van der Waals surface area contributed by atoms with Crippen LogP contribution in [0.5, 0.6) is 0 Å². The molecule has 0 aliphatic heterocycles. The predicted molar refractivity (Wildman–Crippen MR) is 70.8 cm³/mol. The molecule has 0 aliphatic rings. The number of hydrogen-bond acceptors (Lipinski definition) is 4. The molecule has 8 heteroatoms. The fourth-order valence-electron chi connectivity index (χ4n) is 1.86. The van der Waals surface area contributed by atoms with Crippen LogP contribution in [0, 0.1) is 0 Å². The van der Waals surface area contributed by atoms with Gasteiger partial charge in [0.2, 0.25) is 10.0 Å². The van der Waals surface area contributed by atoms with Crippen LogP contribution in [0.15, 0.2) is 30.3 Å². The summed E-state index contributed by atoms with van der Waals surface area (Å²) in [5.74, 6) is -1.12. The fraction of sp³-hybridized carbons (Fsp3) is 0.333. The van der Waals surface area contributed by atoms with E-state index in [1.54, 1.807) is 30.3 Å². The molecule has 110 valence electrons. The molecule has 0 spiro atoms. The topological polar surface area (TPSA) is 112 Å². The zero-order valence-electron chi connectivity index (χ0n) is 10.8. The normalized spacial score (nSPS) is 12.7. The van der Waals surface area contributed by atoms with E-state index in [4.69, 9.17) is 10.2 Å². The Labute approximate surface area is 116 Å². The molecule has 7 nitrogen and oxygen atoms in total. The fourth-order valence-corrected chi connectivity index (χ4v) is 2.83. The van der Waals surface area contributed by atoms with Gasteiger partial charge in [-0.15, -0.1) is 0 Å². The molecule has 1 unspecified atom stereocenters. The van der Waals surface area contributed by atoms with Gasteiger partial charge in [0.1, 0.15) is 0 Å². The average Bonchev–Trinajstić information content (AvgIpc) is 2.33. The van der Waals surface area contributed by atoms with Crippen molar-refractivity contribution in [3.63, 3.8) is 0 Å². The second-order valence-corrected chi connectivity index (χ2v) is 6.06. The van der Waals surface area contributed by atoms with Gasteiger partial charge in [0.25, 0.3) is 0 Å². The molecule has 1 atom stereocenters. The quantitative estimate of drug-likeness (QED) is 0.824. The van der Waals surface area contributed by atoms with Crippen molar-refractivity contribution in [3.8, 4) is 0 Å². The van der Waals surface area contributed by atoms with E-state index < -0.39 is 28.1 Å². The number of carbonyl (C=O) groups is 2.